The molecule has 1 aliphatic carbocycles. The molecular weight excluding hydrogens is 324 g/mol. The normalized spacial score (nSPS) is 14.7. The molecule has 0 aromatic heterocycles. The van der Waals surface area contributed by atoms with E-state index in [4.69, 9.17) is 0 Å². The van der Waals surface area contributed by atoms with Crippen molar-refractivity contribution in [2.75, 3.05) is 13.6 Å². The molecule has 0 aliphatic heterocycles. The van der Waals surface area contributed by atoms with Gasteiger partial charge in [-0.1, -0.05) is 24.3 Å². The molecule has 128 valence electrons. The van der Waals surface area contributed by atoms with Crippen LogP contribution >= 0.6 is 0 Å². The molecule has 5 nitrogen and oxygen atoms in total. The monoisotopic (exact) mass is 346 g/mol. The van der Waals surface area contributed by atoms with Crippen LogP contribution in [0.2, 0.25) is 0 Å². The van der Waals surface area contributed by atoms with Crippen molar-refractivity contribution in [1.29, 1.82) is 0 Å². The number of hydrogen-bond donors (Lipinski definition) is 2. The molecule has 0 radical (unpaired) electrons. The van der Waals surface area contributed by atoms with E-state index in [0.29, 0.717) is 25.3 Å². The molecule has 0 atom stereocenters. The first-order chi connectivity index (χ1) is 11.5. The van der Waals surface area contributed by atoms with Gasteiger partial charge in [0.2, 0.25) is 15.9 Å². The number of benzene rings is 2. The highest BCUT2D eigenvalue weighted by Gasteiger charge is 2.24. The minimum atomic E-state index is -3.47. The third kappa shape index (κ3) is 3.94. The van der Waals surface area contributed by atoms with Crippen molar-refractivity contribution in [2.24, 2.45) is 5.92 Å². The Kier molecular flexibility index (Phi) is 4.87. The number of fused-ring (bicyclic) bond motifs is 1. The van der Waals surface area contributed by atoms with Crippen molar-refractivity contribution in [3.05, 3.63) is 42.0 Å². The van der Waals surface area contributed by atoms with Gasteiger partial charge in [0.15, 0.2) is 0 Å². The third-order valence-corrected chi connectivity index (χ3v) is 5.82. The van der Waals surface area contributed by atoms with E-state index in [2.05, 4.69) is 10.0 Å². The highest BCUT2D eigenvalue weighted by Crippen LogP contribution is 2.32. The van der Waals surface area contributed by atoms with Crippen LogP contribution in [0.25, 0.3) is 10.8 Å². The lowest BCUT2D eigenvalue weighted by Crippen LogP contribution is -2.25. The van der Waals surface area contributed by atoms with Crippen molar-refractivity contribution in [3.8, 4) is 0 Å². The van der Waals surface area contributed by atoms with Gasteiger partial charge in [-0.2, -0.15) is 0 Å². The summed E-state index contributed by atoms with van der Waals surface area (Å²) in [5.41, 5.74) is 1.03. The Morgan fingerprint density at radius 2 is 2.00 bits per heavy atom. The quantitative estimate of drug-likeness (QED) is 0.807. The van der Waals surface area contributed by atoms with Crippen molar-refractivity contribution < 1.29 is 13.2 Å². The van der Waals surface area contributed by atoms with Crippen LogP contribution in [0.4, 0.5) is 0 Å². The van der Waals surface area contributed by atoms with Gasteiger partial charge in [0.25, 0.3) is 0 Å². The van der Waals surface area contributed by atoms with Crippen LogP contribution in [-0.2, 0) is 21.2 Å². The second kappa shape index (κ2) is 6.91. The Hall–Kier alpha value is -1.92. The average molecular weight is 346 g/mol. The average Bonchev–Trinajstić information content (AvgIpc) is 3.38. The Morgan fingerprint density at radius 3 is 2.71 bits per heavy atom. The van der Waals surface area contributed by atoms with Crippen molar-refractivity contribution >= 4 is 26.7 Å². The molecule has 2 aromatic rings. The SMILES string of the molecule is CNS(=O)(=O)c1ccc2cccc(CCNC(=O)CC3CC3)c2c1. The zero-order chi connectivity index (χ0) is 17.2. The number of carbonyl (C=O) groups is 1. The fourth-order valence-corrected chi connectivity index (χ4v) is 3.57. The summed E-state index contributed by atoms with van der Waals surface area (Å²) >= 11 is 0. The lowest BCUT2D eigenvalue weighted by atomic mass is 10.0. The van der Waals surface area contributed by atoms with E-state index in [0.717, 1.165) is 16.3 Å². The number of hydrogen-bond acceptors (Lipinski definition) is 3. The number of nitrogens with one attached hydrogen (secondary N) is 2. The van der Waals surface area contributed by atoms with E-state index in [1.165, 1.54) is 19.9 Å². The second-order valence-electron chi connectivity index (χ2n) is 6.26. The van der Waals surface area contributed by atoms with Crippen LogP contribution in [0, 0.1) is 5.92 Å². The Bertz CT molecular complexity index is 858. The van der Waals surface area contributed by atoms with E-state index in [9.17, 15) is 13.2 Å². The van der Waals surface area contributed by atoms with Gasteiger partial charge in [-0.25, -0.2) is 13.1 Å². The summed E-state index contributed by atoms with van der Waals surface area (Å²) in [6.07, 6.45) is 3.63. The van der Waals surface area contributed by atoms with E-state index in [-0.39, 0.29) is 10.8 Å². The fraction of sp³-hybridized carbons (Fsp3) is 0.389. The van der Waals surface area contributed by atoms with Crippen LogP contribution < -0.4 is 10.0 Å². The molecule has 24 heavy (non-hydrogen) atoms. The fourth-order valence-electron chi connectivity index (χ4n) is 2.81. The molecule has 1 aliphatic rings. The first-order valence-corrected chi connectivity index (χ1v) is 9.70. The van der Waals surface area contributed by atoms with E-state index >= 15 is 0 Å². The molecule has 0 unspecified atom stereocenters. The van der Waals surface area contributed by atoms with Crippen molar-refractivity contribution in [2.45, 2.75) is 30.6 Å². The molecule has 0 bridgehead atoms. The summed E-state index contributed by atoms with van der Waals surface area (Å²) < 4.78 is 26.3. The van der Waals surface area contributed by atoms with E-state index < -0.39 is 10.0 Å². The maximum atomic E-state index is 12.0. The van der Waals surface area contributed by atoms with E-state index in [1.807, 2.05) is 24.3 Å². The van der Waals surface area contributed by atoms with Gasteiger partial charge in [0.05, 0.1) is 4.90 Å². The molecule has 0 heterocycles. The largest absolute Gasteiger partial charge is 0.356 e. The summed E-state index contributed by atoms with van der Waals surface area (Å²) in [6, 6.07) is 11.0. The molecule has 1 fully saturated rings. The van der Waals surface area contributed by atoms with Gasteiger partial charge < -0.3 is 5.32 Å². The predicted molar refractivity (Wildman–Crippen MR) is 94.2 cm³/mol. The molecule has 2 aromatic carbocycles. The molecule has 3 rings (SSSR count). The third-order valence-electron chi connectivity index (χ3n) is 4.41. The van der Waals surface area contributed by atoms with Crippen LogP contribution in [0.5, 0.6) is 0 Å². The number of amides is 1. The van der Waals surface area contributed by atoms with Crippen LogP contribution in [0.1, 0.15) is 24.8 Å². The summed E-state index contributed by atoms with van der Waals surface area (Å²) in [5, 5.41) is 4.85. The minimum Gasteiger partial charge on any atom is -0.356 e. The molecule has 6 heteroatoms. The zero-order valence-electron chi connectivity index (χ0n) is 13.7. The Morgan fingerprint density at radius 1 is 1.21 bits per heavy atom. The van der Waals surface area contributed by atoms with Crippen molar-refractivity contribution in [1.82, 2.24) is 10.0 Å². The number of rotatable bonds is 7. The lowest BCUT2D eigenvalue weighted by Gasteiger charge is -2.10. The maximum absolute atomic E-state index is 12.0. The van der Waals surface area contributed by atoms with Gasteiger partial charge in [-0.05, 0) is 60.7 Å². The molecule has 1 amide bonds. The van der Waals surface area contributed by atoms with Crippen molar-refractivity contribution in [3.63, 3.8) is 0 Å². The van der Waals surface area contributed by atoms with Gasteiger partial charge in [0, 0.05) is 13.0 Å². The first kappa shape index (κ1) is 16.9. The van der Waals surface area contributed by atoms with Gasteiger partial charge in [0.1, 0.15) is 0 Å². The zero-order valence-corrected chi connectivity index (χ0v) is 14.5. The standard InChI is InChI=1S/C18H22N2O3S/c1-19-24(22,23)16-8-7-14-3-2-4-15(17(14)12-16)9-10-20-18(21)11-13-5-6-13/h2-4,7-8,12-13,19H,5-6,9-11H2,1H3,(H,20,21). The Labute approximate surface area is 142 Å². The predicted octanol–water partition coefficient (Wildman–Crippen LogP) is 2.21. The summed E-state index contributed by atoms with van der Waals surface area (Å²) in [6.45, 7) is 0.563. The number of carbonyl (C=O) groups excluding carboxylic acids is 1. The highest BCUT2D eigenvalue weighted by molar-refractivity contribution is 7.89. The van der Waals surface area contributed by atoms with Crippen LogP contribution in [0.15, 0.2) is 41.3 Å². The van der Waals surface area contributed by atoms with E-state index in [1.54, 1.807) is 12.1 Å². The van der Waals surface area contributed by atoms with Gasteiger partial charge in [-0.3, -0.25) is 4.79 Å². The summed E-state index contributed by atoms with van der Waals surface area (Å²) in [5.74, 6) is 0.688. The minimum absolute atomic E-state index is 0.108. The maximum Gasteiger partial charge on any atom is 0.240 e. The summed E-state index contributed by atoms with van der Waals surface area (Å²) in [4.78, 5) is 12.0. The Balaban J connectivity index is 1.76. The molecule has 2 N–H and O–H groups in total. The highest BCUT2D eigenvalue weighted by atomic mass is 32.2. The van der Waals surface area contributed by atoms with Crippen LogP contribution in [-0.4, -0.2) is 27.9 Å². The topological polar surface area (TPSA) is 75.3 Å². The summed E-state index contributed by atoms with van der Waals surface area (Å²) in [7, 11) is -2.06. The second-order valence-corrected chi connectivity index (χ2v) is 8.14. The lowest BCUT2D eigenvalue weighted by molar-refractivity contribution is -0.121. The molecule has 0 spiro atoms. The van der Waals surface area contributed by atoms with Gasteiger partial charge >= 0.3 is 0 Å². The van der Waals surface area contributed by atoms with Crippen LogP contribution in [0.3, 0.4) is 0 Å². The number of sulfonamides is 1. The molecule has 1 saturated carbocycles. The smallest absolute Gasteiger partial charge is 0.240 e. The first-order valence-electron chi connectivity index (χ1n) is 8.21. The molecule has 0 saturated heterocycles. The van der Waals surface area contributed by atoms with Gasteiger partial charge in [-0.15, -0.1) is 0 Å². The molecular formula is C18H22N2O3S.